The maximum Gasteiger partial charge on any atom is 0.169 e. The summed E-state index contributed by atoms with van der Waals surface area (Å²) in [4.78, 5) is 0. The monoisotopic (exact) mass is 656 g/mol. The SMILES string of the molecule is Cc1ccc(-c2c3ccccc3c(-c3cccc4c3OCCO4)c3cc(-c4ccc5c(c4)c(C)c(C)c4ccccc45)ccc23)c2ccccc12. The Morgan fingerprint density at radius 2 is 0.922 bits per heavy atom. The molecule has 2 nitrogen and oxygen atoms in total. The third-order valence-corrected chi connectivity index (χ3v) is 11.2. The van der Waals surface area contributed by atoms with Crippen LogP contribution in [0.5, 0.6) is 11.5 Å². The summed E-state index contributed by atoms with van der Waals surface area (Å²) in [5.74, 6) is 1.62. The minimum atomic E-state index is 0.531. The lowest BCUT2D eigenvalue weighted by Crippen LogP contribution is -2.15. The van der Waals surface area contributed by atoms with Crippen molar-refractivity contribution in [2.45, 2.75) is 20.8 Å². The zero-order valence-electron chi connectivity index (χ0n) is 29.0. The molecule has 0 amide bonds. The predicted octanol–water partition coefficient (Wildman–Crippen LogP) is 13.2. The van der Waals surface area contributed by atoms with Crippen LogP contribution in [-0.2, 0) is 0 Å². The van der Waals surface area contributed by atoms with Crippen molar-refractivity contribution in [3.63, 3.8) is 0 Å². The summed E-state index contributed by atoms with van der Waals surface area (Å²) in [6.45, 7) is 7.80. The van der Waals surface area contributed by atoms with E-state index in [9.17, 15) is 0 Å². The molecule has 51 heavy (non-hydrogen) atoms. The van der Waals surface area contributed by atoms with E-state index < -0.39 is 0 Å². The van der Waals surface area contributed by atoms with Crippen LogP contribution >= 0.6 is 0 Å². The number of rotatable bonds is 3. The van der Waals surface area contributed by atoms with Gasteiger partial charge in [0.25, 0.3) is 0 Å². The molecule has 1 aliphatic rings. The van der Waals surface area contributed by atoms with Crippen molar-refractivity contribution in [1.29, 1.82) is 0 Å². The summed E-state index contributed by atoms with van der Waals surface area (Å²) in [6, 6.07) is 51.4. The zero-order valence-corrected chi connectivity index (χ0v) is 29.0. The quantitative estimate of drug-likeness (QED) is 0.139. The van der Waals surface area contributed by atoms with Crippen LogP contribution in [-0.4, -0.2) is 13.2 Å². The lowest BCUT2D eigenvalue weighted by Gasteiger charge is -2.24. The van der Waals surface area contributed by atoms with Gasteiger partial charge in [-0.05, 0) is 132 Å². The van der Waals surface area contributed by atoms with Gasteiger partial charge in [0.05, 0.1) is 0 Å². The smallest absolute Gasteiger partial charge is 0.169 e. The highest BCUT2D eigenvalue weighted by Gasteiger charge is 2.24. The third kappa shape index (κ3) is 4.49. The van der Waals surface area contributed by atoms with Gasteiger partial charge in [-0.2, -0.15) is 0 Å². The molecule has 0 N–H and O–H groups in total. The van der Waals surface area contributed by atoms with Crippen LogP contribution in [0.25, 0.3) is 87.2 Å². The van der Waals surface area contributed by atoms with Crippen molar-refractivity contribution in [1.82, 2.24) is 0 Å². The molecule has 2 heteroatoms. The first-order valence-corrected chi connectivity index (χ1v) is 17.8. The number of hydrogen-bond donors (Lipinski definition) is 0. The predicted molar refractivity (Wildman–Crippen MR) is 215 cm³/mol. The average Bonchev–Trinajstić information content (AvgIpc) is 3.19. The first-order valence-electron chi connectivity index (χ1n) is 17.8. The van der Waals surface area contributed by atoms with Crippen LogP contribution in [0.2, 0.25) is 0 Å². The molecule has 1 aliphatic heterocycles. The van der Waals surface area contributed by atoms with E-state index in [0.717, 1.165) is 17.1 Å². The summed E-state index contributed by atoms with van der Waals surface area (Å²) >= 11 is 0. The van der Waals surface area contributed by atoms with Crippen LogP contribution in [0.15, 0.2) is 140 Å². The van der Waals surface area contributed by atoms with Crippen molar-refractivity contribution in [2.24, 2.45) is 0 Å². The molecule has 0 saturated heterocycles. The third-order valence-electron chi connectivity index (χ3n) is 11.2. The Hall–Kier alpha value is -6.12. The molecular formula is C49H36O2. The van der Waals surface area contributed by atoms with Crippen molar-refractivity contribution in [3.05, 3.63) is 156 Å². The van der Waals surface area contributed by atoms with Gasteiger partial charge in [-0.15, -0.1) is 0 Å². The standard InChI is InChI=1S/C49H36O2/c1-29-19-22-41(36-13-6-4-11-34(29)36)47-39-15-8-9-16-40(39)48(43-17-10-18-46-49(43)51-26-25-50-46)45-28-33(21-24-42(45)47)32-20-23-38-37-14-7-5-12-35(37)30(2)31(3)44(38)27-32/h4-24,27-28H,25-26H2,1-3H3. The molecule has 0 aromatic heterocycles. The molecule has 9 aromatic rings. The number of fused-ring (bicyclic) bond motifs is 7. The first-order chi connectivity index (χ1) is 25.1. The van der Waals surface area contributed by atoms with E-state index in [1.54, 1.807) is 0 Å². The summed E-state index contributed by atoms with van der Waals surface area (Å²) in [7, 11) is 0. The van der Waals surface area contributed by atoms with E-state index in [-0.39, 0.29) is 0 Å². The lowest BCUT2D eigenvalue weighted by molar-refractivity contribution is 0.172. The van der Waals surface area contributed by atoms with Gasteiger partial charge in [0.2, 0.25) is 0 Å². The second-order valence-corrected chi connectivity index (χ2v) is 13.9. The Kier molecular flexibility index (Phi) is 6.69. The van der Waals surface area contributed by atoms with E-state index in [2.05, 4.69) is 154 Å². The van der Waals surface area contributed by atoms with E-state index in [1.165, 1.54) is 98.4 Å². The minimum absolute atomic E-state index is 0.531. The van der Waals surface area contributed by atoms with Gasteiger partial charge in [-0.25, -0.2) is 0 Å². The van der Waals surface area contributed by atoms with Crippen LogP contribution in [0, 0.1) is 20.8 Å². The van der Waals surface area contributed by atoms with Crippen LogP contribution in [0.3, 0.4) is 0 Å². The van der Waals surface area contributed by atoms with Crippen molar-refractivity contribution < 1.29 is 9.47 Å². The molecule has 9 aromatic carbocycles. The molecular weight excluding hydrogens is 621 g/mol. The van der Waals surface area contributed by atoms with Crippen LogP contribution in [0.1, 0.15) is 16.7 Å². The van der Waals surface area contributed by atoms with Crippen molar-refractivity contribution in [3.8, 4) is 44.9 Å². The van der Waals surface area contributed by atoms with E-state index in [0.29, 0.717) is 13.2 Å². The first kappa shape index (κ1) is 29.8. The molecule has 0 bridgehead atoms. The second kappa shape index (κ2) is 11.5. The molecule has 0 radical (unpaired) electrons. The number of ether oxygens (including phenoxy) is 2. The normalized spacial score (nSPS) is 12.8. The molecule has 1 heterocycles. The van der Waals surface area contributed by atoms with E-state index in [1.807, 2.05) is 6.07 Å². The highest BCUT2D eigenvalue weighted by molar-refractivity contribution is 6.24. The average molecular weight is 657 g/mol. The second-order valence-electron chi connectivity index (χ2n) is 13.9. The topological polar surface area (TPSA) is 18.5 Å². The summed E-state index contributed by atoms with van der Waals surface area (Å²) in [5, 5.41) is 12.6. The Morgan fingerprint density at radius 3 is 1.69 bits per heavy atom. The fraction of sp³-hybridized carbons (Fsp3) is 0.102. The molecule has 10 rings (SSSR count). The Bertz CT molecular complexity index is 2900. The van der Waals surface area contributed by atoms with Crippen LogP contribution < -0.4 is 9.47 Å². The van der Waals surface area contributed by atoms with E-state index in [4.69, 9.17) is 9.47 Å². The van der Waals surface area contributed by atoms with Crippen molar-refractivity contribution in [2.75, 3.05) is 13.2 Å². The highest BCUT2D eigenvalue weighted by Crippen LogP contribution is 2.50. The summed E-state index contributed by atoms with van der Waals surface area (Å²) in [5.41, 5.74) is 11.1. The van der Waals surface area contributed by atoms with Gasteiger partial charge in [-0.3, -0.25) is 0 Å². The molecule has 0 unspecified atom stereocenters. The molecule has 0 spiro atoms. The summed E-state index contributed by atoms with van der Waals surface area (Å²) in [6.07, 6.45) is 0. The van der Waals surface area contributed by atoms with Gasteiger partial charge < -0.3 is 9.47 Å². The minimum Gasteiger partial charge on any atom is -0.486 e. The fourth-order valence-corrected chi connectivity index (χ4v) is 8.59. The van der Waals surface area contributed by atoms with Gasteiger partial charge in [-0.1, -0.05) is 121 Å². The number of benzene rings is 9. The Balaban J connectivity index is 1.32. The fourth-order valence-electron chi connectivity index (χ4n) is 8.59. The van der Waals surface area contributed by atoms with Gasteiger partial charge in [0.15, 0.2) is 11.5 Å². The maximum atomic E-state index is 6.39. The molecule has 0 fully saturated rings. The number of para-hydroxylation sites is 1. The number of aryl methyl sites for hydroxylation is 3. The van der Waals surface area contributed by atoms with Gasteiger partial charge in [0, 0.05) is 11.1 Å². The molecule has 0 atom stereocenters. The molecule has 0 aliphatic carbocycles. The highest BCUT2D eigenvalue weighted by atomic mass is 16.6. The maximum absolute atomic E-state index is 6.39. The molecule has 244 valence electrons. The van der Waals surface area contributed by atoms with Gasteiger partial charge >= 0.3 is 0 Å². The Morgan fingerprint density at radius 1 is 0.373 bits per heavy atom. The Labute approximate surface area is 297 Å². The molecule has 0 saturated carbocycles. The lowest BCUT2D eigenvalue weighted by atomic mass is 9.83. The van der Waals surface area contributed by atoms with E-state index >= 15 is 0 Å². The van der Waals surface area contributed by atoms with Gasteiger partial charge in [0.1, 0.15) is 13.2 Å². The van der Waals surface area contributed by atoms with Crippen molar-refractivity contribution >= 4 is 53.9 Å². The number of hydrogen-bond acceptors (Lipinski definition) is 2. The summed E-state index contributed by atoms with van der Waals surface area (Å²) < 4.78 is 12.5. The largest absolute Gasteiger partial charge is 0.486 e. The van der Waals surface area contributed by atoms with Crippen LogP contribution in [0.4, 0.5) is 0 Å². The zero-order chi connectivity index (χ0) is 34.2.